The molecule has 3 rings (SSSR count). The predicted octanol–water partition coefficient (Wildman–Crippen LogP) is 4.21. The fourth-order valence-corrected chi connectivity index (χ4v) is 3.30. The number of hydrogen-bond donors (Lipinski definition) is 1. The van der Waals surface area contributed by atoms with E-state index in [1.807, 2.05) is 31.2 Å². The molecular formula is C20H27N3O2. The zero-order valence-corrected chi connectivity index (χ0v) is 15.0. The van der Waals surface area contributed by atoms with Crippen molar-refractivity contribution in [2.75, 3.05) is 0 Å². The molecule has 1 heterocycles. The minimum Gasteiger partial charge on any atom is -0.353 e. The summed E-state index contributed by atoms with van der Waals surface area (Å²) in [6.45, 7) is 2.04. The molecule has 1 N–H and O–H groups in total. The SMILES string of the molecule is Cc1ccc(-c2noc(CCC(=O)NC3CCCCCCC3)n2)cc1. The van der Waals surface area contributed by atoms with Gasteiger partial charge in [0.2, 0.25) is 17.6 Å². The van der Waals surface area contributed by atoms with Gasteiger partial charge in [-0.15, -0.1) is 0 Å². The summed E-state index contributed by atoms with van der Waals surface area (Å²) < 4.78 is 5.29. The van der Waals surface area contributed by atoms with Gasteiger partial charge in [-0.05, 0) is 19.8 Å². The zero-order valence-electron chi connectivity index (χ0n) is 15.0. The van der Waals surface area contributed by atoms with Gasteiger partial charge in [0.1, 0.15) is 0 Å². The van der Waals surface area contributed by atoms with Crippen LogP contribution in [0.25, 0.3) is 11.4 Å². The smallest absolute Gasteiger partial charge is 0.227 e. The van der Waals surface area contributed by atoms with E-state index in [2.05, 4.69) is 15.5 Å². The van der Waals surface area contributed by atoms with Crippen molar-refractivity contribution in [3.63, 3.8) is 0 Å². The van der Waals surface area contributed by atoms with Crippen LogP contribution in [-0.2, 0) is 11.2 Å². The highest BCUT2D eigenvalue weighted by molar-refractivity contribution is 5.76. The summed E-state index contributed by atoms with van der Waals surface area (Å²) in [5, 5.41) is 7.19. The fourth-order valence-electron chi connectivity index (χ4n) is 3.30. The largest absolute Gasteiger partial charge is 0.353 e. The molecule has 1 aliphatic rings. The maximum atomic E-state index is 12.2. The van der Waals surface area contributed by atoms with Crippen LogP contribution in [0.15, 0.2) is 28.8 Å². The van der Waals surface area contributed by atoms with Crippen molar-refractivity contribution in [3.8, 4) is 11.4 Å². The number of carbonyl (C=O) groups excluding carboxylic acids is 1. The highest BCUT2D eigenvalue weighted by Gasteiger charge is 2.15. The molecule has 0 radical (unpaired) electrons. The second kappa shape index (κ2) is 8.79. The molecule has 1 saturated carbocycles. The normalized spacial score (nSPS) is 16.2. The topological polar surface area (TPSA) is 68.0 Å². The Balaban J connectivity index is 1.48. The molecule has 1 aromatic heterocycles. The molecule has 2 aromatic rings. The summed E-state index contributed by atoms with van der Waals surface area (Å²) >= 11 is 0. The van der Waals surface area contributed by atoms with Crippen LogP contribution in [0.4, 0.5) is 0 Å². The fraction of sp³-hybridized carbons (Fsp3) is 0.550. The summed E-state index contributed by atoms with van der Waals surface area (Å²) in [5.74, 6) is 1.18. The minimum atomic E-state index is 0.0839. The average molecular weight is 341 g/mol. The molecule has 134 valence electrons. The van der Waals surface area contributed by atoms with Crippen LogP contribution in [0.1, 0.15) is 62.8 Å². The van der Waals surface area contributed by atoms with Crippen LogP contribution >= 0.6 is 0 Å². The number of carbonyl (C=O) groups is 1. The Labute approximate surface area is 149 Å². The third-order valence-corrected chi connectivity index (χ3v) is 4.81. The lowest BCUT2D eigenvalue weighted by Gasteiger charge is -2.20. The molecule has 1 amide bonds. The van der Waals surface area contributed by atoms with Crippen LogP contribution in [0, 0.1) is 6.92 Å². The summed E-state index contributed by atoms with van der Waals surface area (Å²) in [5.41, 5.74) is 2.12. The molecule has 0 aliphatic heterocycles. The maximum Gasteiger partial charge on any atom is 0.227 e. The first-order valence-electron chi connectivity index (χ1n) is 9.40. The van der Waals surface area contributed by atoms with Crippen molar-refractivity contribution in [3.05, 3.63) is 35.7 Å². The van der Waals surface area contributed by atoms with Crippen LogP contribution in [0.2, 0.25) is 0 Å². The molecule has 1 aromatic carbocycles. The predicted molar refractivity (Wildman–Crippen MR) is 97.0 cm³/mol. The van der Waals surface area contributed by atoms with E-state index in [-0.39, 0.29) is 5.91 Å². The maximum absolute atomic E-state index is 12.2. The quantitative estimate of drug-likeness (QED) is 0.884. The van der Waals surface area contributed by atoms with Gasteiger partial charge < -0.3 is 9.84 Å². The minimum absolute atomic E-state index is 0.0839. The molecule has 0 bridgehead atoms. The standard InChI is InChI=1S/C20H27N3O2/c1-15-9-11-16(12-10-15)20-22-19(25-23-20)14-13-18(24)21-17-7-5-3-2-4-6-8-17/h9-12,17H,2-8,13-14H2,1H3,(H,21,24). The van der Waals surface area contributed by atoms with E-state index >= 15 is 0 Å². The van der Waals surface area contributed by atoms with E-state index in [1.165, 1.54) is 37.7 Å². The molecule has 0 unspecified atom stereocenters. The van der Waals surface area contributed by atoms with Crippen LogP contribution in [-0.4, -0.2) is 22.1 Å². The Morgan fingerprint density at radius 2 is 1.80 bits per heavy atom. The number of hydrogen-bond acceptors (Lipinski definition) is 4. The first kappa shape index (κ1) is 17.6. The molecule has 0 saturated heterocycles. The Hall–Kier alpha value is -2.17. The summed E-state index contributed by atoms with van der Waals surface area (Å²) in [7, 11) is 0. The van der Waals surface area contributed by atoms with Crippen molar-refractivity contribution in [1.82, 2.24) is 15.5 Å². The third kappa shape index (κ3) is 5.41. The van der Waals surface area contributed by atoms with Crippen LogP contribution in [0.5, 0.6) is 0 Å². The Kier molecular flexibility index (Phi) is 6.20. The Bertz CT molecular complexity index is 671. The van der Waals surface area contributed by atoms with Crippen molar-refractivity contribution in [2.45, 2.75) is 70.8 Å². The van der Waals surface area contributed by atoms with E-state index in [4.69, 9.17) is 4.52 Å². The van der Waals surface area contributed by atoms with Gasteiger partial charge >= 0.3 is 0 Å². The molecule has 1 aliphatic carbocycles. The van der Waals surface area contributed by atoms with Gasteiger partial charge in [0.15, 0.2) is 0 Å². The van der Waals surface area contributed by atoms with E-state index in [9.17, 15) is 4.79 Å². The Morgan fingerprint density at radius 3 is 2.52 bits per heavy atom. The van der Waals surface area contributed by atoms with Gasteiger partial charge in [0, 0.05) is 24.4 Å². The number of rotatable bonds is 5. The molecule has 0 atom stereocenters. The third-order valence-electron chi connectivity index (χ3n) is 4.81. The van der Waals surface area contributed by atoms with Crippen molar-refractivity contribution >= 4 is 5.91 Å². The van der Waals surface area contributed by atoms with Gasteiger partial charge in [0.05, 0.1) is 0 Å². The summed E-state index contributed by atoms with van der Waals surface area (Å²) in [6, 6.07) is 8.33. The average Bonchev–Trinajstić information content (AvgIpc) is 3.05. The van der Waals surface area contributed by atoms with Gasteiger partial charge in [-0.3, -0.25) is 4.79 Å². The second-order valence-electron chi connectivity index (χ2n) is 6.99. The van der Waals surface area contributed by atoms with E-state index in [1.54, 1.807) is 0 Å². The second-order valence-corrected chi connectivity index (χ2v) is 6.99. The zero-order chi connectivity index (χ0) is 17.5. The van der Waals surface area contributed by atoms with Crippen LogP contribution in [0.3, 0.4) is 0 Å². The lowest BCUT2D eigenvalue weighted by molar-refractivity contribution is -0.122. The van der Waals surface area contributed by atoms with Gasteiger partial charge in [0.25, 0.3) is 0 Å². The Morgan fingerprint density at radius 1 is 1.12 bits per heavy atom. The summed E-state index contributed by atoms with van der Waals surface area (Å²) in [4.78, 5) is 16.6. The number of benzene rings is 1. The lowest BCUT2D eigenvalue weighted by atomic mass is 9.96. The van der Waals surface area contributed by atoms with Crippen LogP contribution < -0.4 is 5.32 Å². The first-order chi connectivity index (χ1) is 12.2. The molecular weight excluding hydrogens is 314 g/mol. The highest BCUT2D eigenvalue weighted by Crippen LogP contribution is 2.18. The molecule has 25 heavy (non-hydrogen) atoms. The number of nitrogens with one attached hydrogen (secondary N) is 1. The first-order valence-corrected chi connectivity index (χ1v) is 9.40. The monoisotopic (exact) mass is 341 g/mol. The van der Waals surface area contributed by atoms with E-state index in [0.717, 1.165) is 18.4 Å². The molecule has 0 spiro atoms. The van der Waals surface area contributed by atoms with E-state index in [0.29, 0.717) is 30.6 Å². The van der Waals surface area contributed by atoms with Gasteiger partial charge in [-0.25, -0.2) is 0 Å². The highest BCUT2D eigenvalue weighted by atomic mass is 16.5. The summed E-state index contributed by atoms with van der Waals surface area (Å²) in [6.07, 6.45) is 9.42. The number of nitrogens with zero attached hydrogens (tertiary/aromatic N) is 2. The molecule has 5 nitrogen and oxygen atoms in total. The lowest BCUT2D eigenvalue weighted by Crippen LogP contribution is -2.35. The number of amides is 1. The number of aromatic nitrogens is 2. The van der Waals surface area contributed by atoms with E-state index < -0.39 is 0 Å². The molecule has 1 fully saturated rings. The van der Waals surface area contributed by atoms with Crippen molar-refractivity contribution < 1.29 is 9.32 Å². The van der Waals surface area contributed by atoms with Crippen molar-refractivity contribution in [1.29, 1.82) is 0 Å². The molecule has 5 heteroatoms. The van der Waals surface area contributed by atoms with Crippen molar-refractivity contribution in [2.24, 2.45) is 0 Å². The van der Waals surface area contributed by atoms with Gasteiger partial charge in [-0.2, -0.15) is 4.98 Å². The number of aryl methyl sites for hydroxylation is 2. The van der Waals surface area contributed by atoms with Gasteiger partial charge in [-0.1, -0.05) is 67.1 Å².